The average molecular weight is 463 g/mol. The number of hydrogen-bond acceptors (Lipinski definition) is 8. The standard InChI is InChI=1S/C23H31FN4O5/c1-3-5-6-7-8-9-10-11-17(30)32-20-22(31,4-2)21(33-23(20,24)14-29)28-15-27-18-16(25)12-13-26-19(18)28/h2,12-13,15,20-21,29,31H,3,5-11,14H2,1H3,(H2,25,26)/t20-,21+,22+,23+/m0/s1. The number of nitrogens with two attached hydrogens (primary N) is 1. The first-order chi connectivity index (χ1) is 15.8. The highest BCUT2D eigenvalue weighted by atomic mass is 19.2. The van der Waals surface area contributed by atoms with Gasteiger partial charge in [-0.15, -0.1) is 6.42 Å². The van der Waals surface area contributed by atoms with Crippen LogP contribution in [0.5, 0.6) is 0 Å². The minimum absolute atomic E-state index is 0.0310. The normalized spacial score (nSPS) is 27.0. The number of anilines is 1. The first-order valence-corrected chi connectivity index (χ1v) is 11.2. The number of aliphatic hydroxyl groups is 2. The number of hydrogen-bond donors (Lipinski definition) is 3. The number of aromatic nitrogens is 3. The number of rotatable bonds is 11. The van der Waals surface area contributed by atoms with E-state index in [-0.39, 0.29) is 12.1 Å². The molecular formula is C23H31FN4O5. The predicted molar refractivity (Wildman–Crippen MR) is 119 cm³/mol. The van der Waals surface area contributed by atoms with Crippen LogP contribution in [0.3, 0.4) is 0 Å². The van der Waals surface area contributed by atoms with Crippen molar-refractivity contribution in [2.75, 3.05) is 12.3 Å². The molecule has 0 amide bonds. The van der Waals surface area contributed by atoms with Crippen LogP contribution in [0.4, 0.5) is 10.1 Å². The molecular weight excluding hydrogens is 431 g/mol. The SMILES string of the molecule is C#C[C@]1(O)[C@H](n2cnc3c(N)ccnc32)O[C@](F)(CO)[C@H]1OC(=O)CCCCCCCCC. The lowest BCUT2D eigenvalue weighted by Gasteiger charge is -2.29. The molecule has 0 bridgehead atoms. The van der Waals surface area contributed by atoms with Crippen LogP contribution in [0.25, 0.3) is 11.2 Å². The molecule has 10 heteroatoms. The maximum absolute atomic E-state index is 15.5. The number of pyridine rings is 1. The fourth-order valence-electron chi connectivity index (χ4n) is 4.05. The van der Waals surface area contributed by atoms with E-state index in [2.05, 4.69) is 22.8 Å². The molecule has 4 atom stereocenters. The van der Waals surface area contributed by atoms with Crippen molar-refractivity contribution >= 4 is 22.8 Å². The maximum Gasteiger partial charge on any atom is 0.306 e. The Morgan fingerprint density at radius 2 is 2.03 bits per heavy atom. The molecule has 2 aromatic rings. The van der Waals surface area contributed by atoms with Gasteiger partial charge in [0.15, 0.2) is 11.9 Å². The van der Waals surface area contributed by atoms with Gasteiger partial charge in [0.2, 0.25) is 11.7 Å². The van der Waals surface area contributed by atoms with Gasteiger partial charge >= 0.3 is 5.97 Å². The van der Waals surface area contributed by atoms with E-state index < -0.39 is 36.4 Å². The van der Waals surface area contributed by atoms with Crippen LogP contribution < -0.4 is 5.73 Å². The summed E-state index contributed by atoms with van der Waals surface area (Å²) < 4.78 is 27.4. The summed E-state index contributed by atoms with van der Waals surface area (Å²) in [6, 6.07) is 1.53. The Morgan fingerprint density at radius 1 is 1.33 bits per heavy atom. The largest absolute Gasteiger partial charge is 0.452 e. The van der Waals surface area contributed by atoms with Crippen molar-refractivity contribution in [3.8, 4) is 12.3 Å². The molecule has 0 aliphatic carbocycles. The number of aliphatic hydroxyl groups excluding tert-OH is 1. The molecule has 0 spiro atoms. The van der Waals surface area contributed by atoms with E-state index in [4.69, 9.17) is 21.6 Å². The summed E-state index contributed by atoms with van der Waals surface area (Å²) in [5, 5.41) is 20.9. The zero-order chi connectivity index (χ0) is 24.1. The highest BCUT2D eigenvalue weighted by Crippen LogP contribution is 2.47. The fourth-order valence-corrected chi connectivity index (χ4v) is 4.05. The van der Waals surface area contributed by atoms with E-state index in [0.29, 0.717) is 17.6 Å². The lowest BCUT2D eigenvalue weighted by Crippen LogP contribution is -2.52. The number of terminal acetylenes is 1. The molecule has 1 aliphatic heterocycles. The molecule has 180 valence electrons. The van der Waals surface area contributed by atoms with E-state index in [1.165, 1.54) is 29.6 Å². The molecule has 9 nitrogen and oxygen atoms in total. The van der Waals surface area contributed by atoms with Gasteiger partial charge in [-0.05, 0) is 12.5 Å². The molecule has 1 aliphatic rings. The van der Waals surface area contributed by atoms with E-state index in [1.807, 2.05) is 0 Å². The third-order valence-electron chi connectivity index (χ3n) is 5.90. The van der Waals surface area contributed by atoms with Gasteiger partial charge in [0.25, 0.3) is 5.85 Å². The molecule has 3 heterocycles. The van der Waals surface area contributed by atoms with Crippen molar-refractivity contribution < 1.29 is 28.9 Å². The predicted octanol–water partition coefficient (Wildman–Crippen LogP) is 2.62. The van der Waals surface area contributed by atoms with Gasteiger partial charge in [-0.3, -0.25) is 9.36 Å². The number of fused-ring (bicyclic) bond motifs is 1. The number of unbranched alkanes of at least 4 members (excludes halogenated alkanes) is 6. The van der Waals surface area contributed by atoms with E-state index >= 15 is 4.39 Å². The first kappa shape index (κ1) is 24.9. The van der Waals surface area contributed by atoms with Crippen LogP contribution in [0.15, 0.2) is 18.6 Å². The Morgan fingerprint density at radius 3 is 2.70 bits per heavy atom. The minimum atomic E-state index is -2.93. The highest BCUT2D eigenvalue weighted by molar-refractivity contribution is 5.83. The first-order valence-electron chi connectivity index (χ1n) is 11.2. The number of nitrogen functional groups attached to an aromatic ring is 1. The smallest absolute Gasteiger partial charge is 0.306 e. The third-order valence-corrected chi connectivity index (χ3v) is 5.90. The molecule has 4 N–H and O–H groups in total. The fraction of sp³-hybridized carbons (Fsp3) is 0.609. The van der Waals surface area contributed by atoms with Crippen molar-refractivity contribution in [3.05, 3.63) is 18.6 Å². The Kier molecular flexibility index (Phi) is 7.89. The summed E-state index contributed by atoms with van der Waals surface area (Å²) in [5.74, 6) is -1.57. The van der Waals surface area contributed by atoms with Gasteiger partial charge in [-0.25, -0.2) is 14.4 Å². The highest BCUT2D eigenvalue weighted by Gasteiger charge is 2.67. The lowest BCUT2D eigenvalue weighted by atomic mass is 9.93. The van der Waals surface area contributed by atoms with Crippen molar-refractivity contribution in [2.24, 2.45) is 0 Å². The molecule has 1 fully saturated rings. The van der Waals surface area contributed by atoms with Crippen molar-refractivity contribution in [3.63, 3.8) is 0 Å². The van der Waals surface area contributed by atoms with E-state index in [9.17, 15) is 15.0 Å². The van der Waals surface area contributed by atoms with Gasteiger partial charge < -0.3 is 25.4 Å². The van der Waals surface area contributed by atoms with Crippen LogP contribution >= 0.6 is 0 Å². The summed E-state index contributed by atoms with van der Waals surface area (Å²) in [7, 11) is 0. The minimum Gasteiger partial charge on any atom is -0.452 e. The quantitative estimate of drug-likeness (QED) is 0.264. The summed E-state index contributed by atoms with van der Waals surface area (Å²) in [5.41, 5.74) is 4.25. The average Bonchev–Trinajstić information content (AvgIpc) is 3.33. The Balaban J connectivity index is 1.75. The van der Waals surface area contributed by atoms with Gasteiger partial charge in [0.1, 0.15) is 12.1 Å². The van der Waals surface area contributed by atoms with Crippen molar-refractivity contribution in [1.29, 1.82) is 0 Å². The van der Waals surface area contributed by atoms with Gasteiger partial charge in [0, 0.05) is 12.6 Å². The molecule has 0 aromatic carbocycles. The summed E-state index contributed by atoms with van der Waals surface area (Å²) in [6.45, 7) is 0.953. The van der Waals surface area contributed by atoms with Gasteiger partial charge in [-0.1, -0.05) is 51.4 Å². The lowest BCUT2D eigenvalue weighted by molar-refractivity contribution is -0.217. The zero-order valence-electron chi connectivity index (χ0n) is 18.7. The number of alkyl halides is 1. The monoisotopic (exact) mass is 462 g/mol. The number of ether oxygens (including phenoxy) is 2. The summed E-state index contributed by atoms with van der Waals surface area (Å²) in [6.07, 6.45) is 11.7. The summed E-state index contributed by atoms with van der Waals surface area (Å²) in [4.78, 5) is 20.7. The second-order valence-electron chi connectivity index (χ2n) is 8.35. The zero-order valence-corrected chi connectivity index (χ0v) is 18.7. The van der Waals surface area contributed by atoms with Crippen molar-refractivity contribution in [2.45, 2.75) is 82.1 Å². The topological polar surface area (TPSA) is 133 Å². The van der Waals surface area contributed by atoms with Crippen LogP contribution in [0, 0.1) is 12.3 Å². The Hall–Kier alpha value is -2.74. The van der Waals surface area contributed by atoms with Crippen LogP contribution in [0.2, 0.25) is 0 Å². The molecule has 0 radical (unpaired) electrons. The number of esters is 1. The van der Waals surface area contributed by atoms with Crippen LogP contribution in [-0.4, -0.2) is 54.9 Å². The molecule has 0 saturated carbocycles. The molecule has 1 saturated heterocycles. The number of imidazole rings is 1. The van der Waals surface area contributed by atoms with Crippen LogP contribution in [0.1, 0.15) is 64.5 Å². The summed E-state index contributed by atoms with van der Waals surface area (Å²) >= 11 is 0. The molecule has 33 heavy (non-hydrogen) atoms. The number of halogens is 1. The number of nitrogens with zero attached hydrogens (tertiary/aromatic N) is 3. The Bertz CT molecular complexity index is 1010. The molecule has 0 unspecified atom stereocenters. The van der Waals surface area contributed by atoms with E-state index in [1.54, 1.807) is 0 Å². The maximum atomic E-state index is 15.5. The van der Waals surface area contributed by atoms with Gasteiger partial charge in [0.05, 0.1) is 12.0 Å². The number of carbonyl (C=O) groups excluding carboxylic acids is 1. The molecule has 3 rings (SSSR count). The van der Waals surface area contributed by atoms with Crippen molar-refractivity contribution in [1.82, 2.24) is 14.5 Å². The Labute approximate surface area is 192 Å². The second-order valence-corrected chi connectivity index (χ2v) is 8.35. The third kappa shape index (κ3) is 4.95. The van der Waals surface area contributed by atoms with Crippen LogP contribution in [-0.2, 0) is 14.3 Å². The molecule has 2 aromatic heterocycles. The number of carbonyl (C=O) groups is 1. The van der Waals surface area contributed by atoms with E-state index in [0.717, 1.165) is 32.1 Å². The van der Waals surface area contributed by atoms with Gasteiger partial charge in [-0.2, -0.15) is 0 Å². The second kappa shape index (κ2) is 10.5.